The molecule has 0 saturated heterocycles. The van der Waals surface area contributed by atoms with Crippen molar-refractivity contribution in [3.05, 3.63) is 0 Å². The second-order valence-corrected chi connectivity index (χ2v) is 6.21. The Morgan fingerprint density at radius 3 is 2.06 bits per heavy atom. The summed E-state index contributed by atoms with van der Waals surface area (Å²) in [6, 6.07) is 0.749. The van der Waals surface area contributed by atoms with Crippen molar-refractivity contribution >= 4 is 0 Å². The molecule has 0 heterocycles. The Kier molecular flexibility index (Phi) is 5.08. The minimum Gasteiger partial charge on any atom is -0.312 e. The highest BCUT2D eigenvalue weighted by molar-refractivity contribution is 5.06. The highest BCUT2D eigenvalue weighted by Crippen LogP contribution is 2.44. The van der Waals surface area contributed by atoms with Crippen LogP contribution in [0.15, 0.2) is 0 Å². The lowest BCUT2D eigenvalue weighted by Gasteiger charge is -2.51. The molecule has 0 bridgehead atoms. The average Bonchev–Trinajstić information content (AvgIpc) is 2.78. The van der Waals surface area contributed by atoms with E-state index in [1.807, 2.05) is 0 Å². The first-order chi connectivity index (χ1) is 8.78. The summed E-state index contributed by atoms with van der Waals surface area (Å²) < 4.78 is 0. The zero-order valence-electron chi connectivity index (χ0n) is 12.7. The van der Waals surface area contributed by atoms with E-state index in [2.05, 4.69) is 31.0 Å². The molecule has 2 aliphatic carbocycles. The third-order valence-electron chi connectivity index (χ3n) is 5.49. The molecule has 2 saturated carbocycles. The van der Waals surface area contributed by atoms with E-state index in [1.54, 1.807) is 0 Å². The van der Waals surface area contributed by atoms with E-state index in [9.17, 15) is 0 Å². The SMILES string of the molecule is CCNC(C1CCC1)C1(N(CC)CC)CCCC1. The first-order valence-electron chi connectivity index (χ1n) is 8.27. The van der Waals surface area contributed by atoms with Crippen LogP contribution < -0.4 is 5.32 Å². The van der Waals surface area contributed by atoms with Gasteiger partial charge >= 0.3 is 0 Å². The van der Waals surface area contributed by atoms with E-state index < -0.39 is 0 Å². The van der Waals surface area contributed by atoms with Crippen LogP contribution in [0.2, 0.25) is 0 Å². The van der Waals surface area contributed by atoms with Crippen molar-refractivity contribution in [2.24, 2.45) is 5.92 Å². The largest absolute Gasteiger partial charge is 0.312 e. The fourth-order valence-corrected chi connectivity index (χ4v) is 4.45. The summed E-state index contributed by atoms with van der Waals surface area (Å²) >= 11 is 0. The van der Waals surface area contributed by atoms with Gasteiger partial charge in [0.2, 0.25) is 0 Å². The zero-order chi connectivity index (χ0) is 13.0. The lowest BCUT2D eigenvalue weighted by Crippen LogP contribution is -2.63. The second kappa shape index (κ2) is 6.38. The molecule has 2 fully saturated rings. The van der Waals surface area contributed by atoms with Gasteiger partial charge in [0, 0.05) is 11.6 Å². The maximum atomic E-state index is 3.87. The summed E-state index contributed by atoms with van der Waals surface area (Å²) in [6.07, 6.45) is 10.1. The molecule has 0 radical (unpaired) electrons. The quantitative estimate of drug-likeness (QED) is 0.747. The van der Waals surface area contributed by atoms with Gasteiger partial charge in [0.1, 0.15) is 0 Å². The lowest BCUT2D eigenvalue weighted by atomic mass is 9.70. The maximum absolute atomic E-state index is 3.87. The van der Waals surface area contributed by atoms with E-state index in [0.29, 0.717) is 5.54 Å². The first-order valence-corrected chi connectivity index (χ1v) is 8.27. The van der Waals surface area contributed by atoms with Gasteiger partial charge in [-0.15, -0.1) is 0 Å². The summed E-state index contributed by atoms with van der Waals surface area (Å²) in [4.78, 5) is 2.77. The Morgan fingerprint density at radius 1 is 1.06 bits per heavy atom. The van der Waals surface area contributed by atoms with E-state index in [4.69, 9.17) is 0 Å². The monoisotopic (exact) mass is 252 g/mol. The summed E-state index contributed by atoms with van der Waals surface area (Å²) in [7, 11) is 0. The maximum Gasteiger partial charge on any atom is 0.0364 e. The lowest BCUT2D eigenvalue weighted by molar-refractivity contribution is 0.0208. The molecular formula is C16H32N2. The minimum atomic E-state index is 0.477. The Hall–Kier alpha value is -0.0800. The van der Waals surface area contributed by atoms with Crippen LogP contribution in [0, 0.1) is 5.92 Å². The van der Waals surface area contributed by atoms with Gasteiger partial charge in [0.05, 0.1) is 0 Å². The Labute approximate surface area is 114 Å². The number of hydrogen-bond donors (Lipinski definition) is 1. The molecule has 0 aliphatic heterocycles. The summed E-state index contributed by atoms with van der Waals surface area (Å²) in [5, 5.41) is 3.87. The Morgan fingerprint density at radius 2 is 1.67 bits per heavy atom. The van der Waals surface area contributed by atoms with Crippen molar-refractivity contribution in [2.45, 2.75) is 77.3 Å². The molecule has 1 unspecified atom stereocenters. The highest BCUT2D eigenvalue weighted by Gasteiger charge is 2.48. The molecule has 106 valence electrons. The molecule has 0 spiro atoms. The van der Waals surface area contributed by atoms with Crippen molar-refractivity contribution in [2.75, 3.05) is 19.6 Å². The Bertz CT molecular complexity index is 237. The van der Waals surface area contributed by atoms with Crippen LogP contribution in [0.4, 0.5) is 0 Å². The molecule has 18 heavy (non-hydrogen) atoms. The van der Waals surface area contributed by atoms with E-state index in [0.717, 1.165) is 18.5 Å². The van der Waals surface area contributed by atoms with Crippen molar-refractivity contribution in [1.29, 1.82) is 0 Å². The molecule has 2 heteroatoms. The topological polar surface area (TPSA) is 15.3 Å². The van der Waals surface area contributed by atoms with Gasteiger partial charge in [-0.05, 0) is 51.2 Å². The van der Waals surface area contributed by atoms with Gasteiger partial charge in [-0.1, -0.05) is 40.0 Å². The average molecular weight is 252 g/mol. The van der Waals surface area contributed by atoms with Crippen LogP contribution >= 0.6 is 0 Å². The van der Waals surface area contributed by atoms with Gasteiger partial charge in [0.25, 0.3) is 0 Å². The standard InChI is InChI=1S/C16H32N2/c1-4-17-15(14-10-9-11-14)16(12-7-8-13-16)18(5-2)6-3/h14-15,17H,4-13H2,1-3H3. The van der Waals surface area contributed by atoms with Crippen LogP contribution in [0.1, 0.15) is 65.7 Å². The van der Waals surface area contributed by atoms with Gasteiger partial charge < -0.3 is 5.32 Å². The number of nitrogens with one attached hydrogen (secondary N) is 1. The minimum absolute atomic E-state index is 0.477. The van der Waals surface area contributed by atoms with E-state index in [-0.39, 0.29) is 0 Å². The third-order valence-corrected chi connectivity index (χ3v) is 5.49. The normalized spacial score (nSPS) is 25.3. The molecule has 0 aromatic rings. The summed E-state index contributed by atoms with van der Waals surface area (Å²) in [6.45, 7) is 10.5. The number of likely N-dealkylation sites (N-methyl/N-ethyl adjacent to an activating group) is 2. The Balaban J connectivity index is 2.19. The predicted molar refractivity (Wildman–Crippen MR) is 78.9 cm³/mol. The van der Waals surface area contributed by atoms with Crippen LogP contribution in [-0.2, 0) is 0 Å². The third kappa shape index (κ3) is 2.46. The fourth-order valence-electron chi connectivity index (χ4n) is 4.45. The van der Waals surface area contributed by atoms with Gasteiger partial charge in [-0.2, -0.15) is 0 Å². The van der Waals surface area contributed by atoms with Crippen molar-refractivity contribution in [3.8, 4) is 0 Å². The van der Waals surface area contributed by atoms with Crippen LogP contribution in [0.3, 0.4) is 0 Å². The first kappa shape index (κ1) is 14.3. The van der Waals surface area contributed by atoms with Crippen molar-refractivity contribution in [1.82, 2.24) is 10.2 Å². The molecule has 1 atom stereocenters. The summed E-state index contributed by atoms with van der Waals surface area (Å²) in [5.74, 6) is 0.948. The van der Waals surface area contributed by atoms with Gasteiger partial charge in [-0.25, -0.2) is 0 Å². The number of rotatable bonds is 7. The molecule has 1 N–H and O–H groups in total. The van der Waals surface area contributed by atoms with Crippen LogP contribution in [0.5, 0.6) is 0 Å². The van der Waals surface area contributed by atoms with Crippen LogP contribution in [0.25, 0.3) is 0 Å². The highest BCUT2D eigenvalue weighted by atomic mass is 15.2. The molecule has 2 rings (SSSR count). The fraction of sp³-hybridized carbons (Fsp3) is 1.00. The molecule has 0 amide bonds. The smallest absolute Gasteiger partial charge is 0.0364 e. The molecule has 0 aromatic carbocycles. The van der Waals surface area contributed by atoms with E-state index in [1.165, 1.54) is 58.0 Å². The molecular weight excluding hydrogens is 220 g/mol. The van der Waals surface area contributed by atoms with Gasteiger partial charge in [-0.3, -0.25) is 4.90 Å². The molecule has 2 nitrogen and oxygen atoms in total. The van der Waals surface area contributed by atoms with Gasteiger partial charge in [0.15, 0.2) is 0 Å². The zero-order valence-corrected chi connectivity index (χ0v) is 12.7. The molecule has 2 aliphatic rings. The number of hydrogen-bond acceptors (Lipinski definition) is 2. The van der Waals surface area contributed by atoms with Crippen molar-refractivity contribution < 1.29 is 0 Å². The van der Waals surface area contributed by atoms with Crippen LogP contribution in [-0.4, -0.2) is 36.1 Å². The summed E-state index contributed by atoms with van der Waals surface area (Å²) in [5.41, 5.74) is 0.477. The second-order valence-electron chi connectivity index (χ2n) is 6.21. The number of nitrogens with zero attached hydrogens (tertiary/aromatic N) is 1. The predicted octanol–water partition coefficient (Wildman–Crippen LogP) is 3.42. The molecule has 0 aromatic heterocycles. The van der Waals surface area contributed by atoms with Crippen molar-refractivity contribution in [3.63, 3.8) is 0 Å². The van der Waals surface area contributed by atoms with E-state index >= 15 is 0 Å².